The molecular weight excluding hydrogens is 256 g/mol. The standard InChI is InChI=1S/C19H32N2/c1-4-7-17-8-10-18(11-9-17)19(20-6-3)15-21-13-12-16(5-2)14-21/h8-11,16,19-20H,4-7,12-15H2,1-3H3. The predicted octanol–water partition coefficient (Wildman–Crippen LogP) is 4.02. The molecule has 1 aliphatic heterocycles. The Kier molecular flexibility index (Phi) is 6.72. The summed E-state index contributed by atoms with van der Waals surface area (Å²) in [5, 5.41) is 3.67. The molecule has 1 aromatic carbocycles. The Labute approximate surface area is 130 Å². The molecule has 118 valence electrons. The molecule has 2 rings (SSSR count). The van der Waals surface area contributed by atoms with Crippen LogP contribution in [0.25, 0.3) is 0 Å². The average molecular weight is 288 g/mol. The van der Waals surface area contributed by atoms with Crippen molar-refractivity contribution in [3.05, 3.63) is 35.4 Å². The zero-order chi connectivity index (χ0) is 15.1. The van der Waals surface area contributed by atoms with E-state index in [1.807, 2.05) is 0 Å². The molecule has 21 heavy (non-hydrogen) atoms. The first-order valence-electron chi connectivity index (χ1n) is 8.81. The van der Waals surface area contributed by atoms with E-state index in [4.69, 9.17) is 0 Å². The highest BCUT2D eigenvalue weighted by atomic mass is 15.2. The maximum atomic E-state index is 3.67. The summed E-state index contributed by atoms with van der Waals surface area (Å²) in [5.41, 5.74) is 2.90. The maximum Gasteiger partial charge on any atom is 0.0449 e. The summed E-state index contributed by atoms with van der Waals surface area (Å²) in [6.07, 6.45) is 5.12. The Morgan fingerprint density at radius 3 is 2.52 bits per heavy atom. The number of benzene rings is 1. The minimum atomic E-state index is 0.473. The lowest BCUT2D eigenvalue weighted by molar-refractivity contribution is 0.283. The van der Waals surface area contributed by atoms with E-state index in [0.29, 0.717) is 6.04 Å². The fourth-order valence-electron chi connectivity index (χ4n) is 3.41. The van der Waals surface area contributed by atoms with Crippen molar-refractivity contribution >= 4 is 0 Å². The van der Waals surface area contributed by atoms with Gasteiger partial charge in [-0.2, -0.15) is 0 Å². The lowest BCUT2D eigenvalue weighted by Crippen LogP contribution is -2.34. The molecule has 0 radical (unpaired) electrons. The Hall–Kier alpha value is -0.860. The van der Waals surface area contributed by atoms with E-state index in [2.05, 4.69) is 55.3 Å². The Morgan fingerprint density at radius 1 is 1.19 bits per heavy atom. The van der Waals surface area contributed by atoms with E-state index < -0.39 is 0 Å². The van der Waals surface area contributed by atoms with Crippen molar-refractivity contribution in [3.8, 4) is 0 Å². The molecule has 2 unspecified atom stereocenters. The molecule has 0 amide bonds. The molecular formula is C19H32N2. The van der Waals surface area contributed by atoms with Crippen molar-refractivity contribution in [2.75, 3.05) is 26.2 Å². The summed E-state index contributed by atoms with van der Waals surface area (Å²) < 4.78 is 0. The van der Waals surface area contributed by atoms with Gasteiger partial charge in [-0.25, -0.2) is 0 Å². The molecule has 2 heteroatoms. The summed E-state index contributed by atoms with van der Waals surface area (Å²) in [6.45, 7) is 11.5. The van der Waals surface area contributed by atoms with Gasteiger partial charge in [-0.15, -0.1) is 0 Å². The van der Waals surface area contributed by atoms with Crippen molar-refractivity contribution in [2.45, 2.75) is 52.5 Å². The summed E-state index contributed by atoms with van der Waals surface area (Å²) in [5.74, 6) is 0.916. The predicted molar refractivity (Wildman–Crippen MR) is 91.7 cm³/mol. The van der Waals surface area contributed by atoms with Crippen LogP contribution < -0.4 is 5.32 Å². The summed E-state index contributed by atoms with van der Waals surface area (Å²) in [7, 11) is 0. The molecule has 1 aliphatic rings. The highest BCUT2D eigenvalue weighted by molar-refractivity contribution is 5.25. The van der Waals surface area contributed by atoms with E-state index in [1.165, 1.54) is 49.9 Å². The van der Waals surface area contributed by atoms with Gasteiger partial charge < -0.3 is 10.2 Å². The Balaban J connectivity index is 1.97. The zero-order valence-electron chi connectivity index (χ0n) is 14.1. The molecule has 0 spiro atoms. The second-order valence-electron chi connectivity index (χ2n) is 6.42. The smallest absolute Gasteiger partial charge is 0.0449 e. The van der Waals surface area contributed by atoms with Crippen LogP contribution in [0.1, 0.15) is 57.2 Å². The van der Waals surface area contributed by atoms with Crippen LogP contribution in [-0.2, 0) is 6.42 Å². The first-order valence-corrected chi connectivity index (χ1v) is 8.81. The van der Waals surface area contributed by atoms with Crippen LogP contribution in [0.5, 0.6) is 0 Å². The summed E-state index contributed by atoms with van der Waals surface area (Å²) >= 11 is 0. The number of nitrogens with one attached hydrogen (secondary N) is 1. The lowest BCUT2D eigenvalue weighted by atomic mass is 10.0. The largest absolute Gasteiger partial charge is 0.309 e. The van der Waals surface area contributed by atoms with Crippen LogP contribution in [0.2, 0.25) is 0 Å². The first kappa shape index (κ1) is 16.5. The van der Waals surface area contributed by atoms with Gasteiger partial charge in [-0.3, -0.25) is 0 Å². The second-order valence-corrected chi connectivity index (χ2v) is 6.42. The third-order valence-corrected chi connectivity index (χ3v) is 4.76. The van der Waals surface area contributed by atoms with E-state index >= 15 is 0 Å². The molecule has 0 bridgehead atoms. The normalized spacial score (nSPS) is 20.8. The fourth-order valence-corrected chi connectivity index (χ4v) is 3.41. The highest BCUT2D eigenvalue weighted by Gasteiger charge is 2.23. The van der Waals surface area contributed by atoms with Gasteiger partial charge in [0.2, 0.25) is 0 Å². The van der Waals surface area contributed by atoms with Gasteiger partial charge in [0.15, 0.2) is 0 Å². The molecule has 1 fully saturated rings. The SMILES string of the molecule is CCCc1ccc(C(CN2CCC(CC)C2)NCC)cc1. The molecule has 0 saturated carbocycles. The van der Waals surface area contributed by atoms with E-state index in [1.54, 1.807) is 0 Å². The maximum absolute atomic E-state index is 3.67. The quantitative estimate of drug-likeness (QED) is 0.777. The number of likely N-dealkylation sites (tertiary alicyclic amines) is 1. The van der Waals surface area contributed by atoms with Gasteiger partial charge in [0.05, 0.1) is 0 Å². The molecule has 1 heterocycles. The molecule has 2 nitrogen and oxygen atoms in total. The molecule has 2 atom stereocenters. The van der Waals surface area contributed by atoms with Gasteiger partial charge in [0.25, 0.3) is 0 Å². The highest BCUT2D eigenvalue weighted by Crippen LogP contribution is 2.23. The van der Waals surface area contributed by atoms with Crippen molar-refractivity contribution in [1.29, 1.82) is 0 Å². The first-order chi connectivity index (χ1) is 10.3. The molecule has 0 aliphatic carbocycles. The van der Waals surface area contributed by atoms with Crippen LogP contribution in [0.15, 0.2) is 24.3 Å². The van der Waals surface area contributed by atoms with Crippen molar-refractivity contribution in [1.82, 2.24) is 10.2 Å². The van der Waals surface area contributed by atoms with Crippen LogP contribution in [0.4, 0.5) is 0 Å². The van der Waals surface area contributed by atoms with Gasteiger partial charge in [0, 0.05) is 19.1 Å². The van der Waals surface area contributed by atoms with Crippen molar-refractivity contribution in [3.63, 3.8) is 0 Å². The summed E-state index contributed by atoms with van der Waals surface area (Å²) in [6, 6.07) is 9.74. The number of likely N-dealkylation sites (N-methyl/N-ethyl adjacent to an activating group) is 1. The number of hydrogen-bond acceptors (Lipinski definition) is 2. The Bertz CT molecular complexity index is 399. The van der Waals surface area contributed by atoms with Crippen LogP contribution >= 0.6 is 0 Å². The fraction of sp³-hybridized carbons (Fsp3) is 0.684. The number of aryl methyl sites for hydroxylation is 1. The van der Waals surface area contributed by atoms with Gasteiger partial charge in [-0.1, -0.05) is 57.9 Å². The van der Waals surface area contributed by atoms with Gasteiger partial charge >= 0.3 is 0 Å². The van der Waals surface area contributed by atoms with E-state index in [0.717, 1.165) is 19.0 Å². The number of nitrogens with zero attached hydrogens (tertiary/aromatic N) is 1. The third kappa shape index (κ3) is 4.82. The zero-order valence-corrected chi connectivity index (χ0v) is 14.1. The minimum absolute atomic E-state index is 0.473. The van der Waals surface area contributed by atoms with Crippen LogP contribution in [-0.4, -0.2) is 31.1 Å². The number of rotatable bonds is 8. The molecule has 1 aromatic rings. The summed E-state index contributed by atoms with van der Waals surface area (Å²) in [4.78, 5) is 2.64. The lowest BCUT2D eigenvalue weighted by Gasteiger charge is -2.25. The van der Waals surface area contributed by atoms with Crippen LogP contribution in [0, 0.1) is 5.92 Å². The van der Waals surface area contributed by atoms with Gasteiger partial charge in [-0.05, 0) is 43.0 Å². The van der Waals surface area contributed by atoms with E-state index in [9.17, 15) is 0 Å². The van der Waals surface area contributed by atoms with Crippen molar-refractivity contribution < 1.29 is 0 Å². The van der Waals surface area contributed by atoms with E-state index in [-0.39, 0.29) is 0 Å². The molecule has 0 aromatic heterocycles. The van der Waals surface area contributed by atoms with Gasteiger partial charge in [0.1, 0.15) is 0 Å². The average Bonchev–Trinajstić information content (AvgIpc) is 2.96. The second kappa shape index (κ2) is 8.55. The topological polar surface area (TPSA) is 15.3 Å². The van der Waals surface area contributed by atoms with Crippen LogP contribution in [0.3, 0.4) is 0 Å². The minimum Gasteiger partial charge on any atom is -0.309 e. The molecule has 1 saturated heterocycles. The molecule has 1 N–H and O–H groups in total. The monoisotopic (exact) mass is 288 g/mol. The number of hydrogen-bond donors (Lipinski definition) is 1. The third-order valence-electron chi connectivity index (χ3n) is 4.76. The van der Waals surface area contributed by atoms with Crippen molar-refractivity contribution in [2.24, 2.45) is 5.92 Å². The Morgan fingerprint density at radius 2 is 1.95 bits per heavy atom.